The maximum Gasteiger partial charge on any atom is 0.171 e. The molecular weight excluding hydrogens is 511 g/mol. The van der Waals surface area contributed by atoms with Gasteiger partial charge in [0.1, 0.15) is 21.4 Å². The molecule has 4 rings (SSSR count). The van der Waals surface area contributed by atoms with E-state index >= 15 is 0 Å². The fraction of sp³-hybridized carbons (Fsp3) is 0.0833. The number of carbonyl (C=O) groups is 2. The monoisotopic (exact) mass is 526 g/mol. The maximum atomic E-state index is 11.2. The summed E-state index contributed by atoms with van der Waals surface area (Å²) in [6.07, 6.45) is 8.08. The van der Waals surface area contributed by atoms with Gasteiger partial charge in [-0.25, -0.2) is 19.9 Å². The van der Waals surface area contributed by atoms with E-state index in [4.69, 9.17) is 23.2 Å². The highest BCUT2D eigenvalue weighted by molar-refractivity contribution is 7.98. The molecule has 6 nitrogen and oxygen atoms in total. The van der Waals surface area contributed by atoms with Gasteiger partial charge in [-0.15, -0.1) is 23.5 Å². The second kappa shape index (κ2) is 10.7. The molecule has 0 amide bonds. The smallest absolute Gasteiger partial charge is 0.171 e. The number of aromatic nitrogens is 4. The van der Waals surface area contributed by atoms with Crippen molar-refractivity contribution in [2.75, 3.05) is 12.5 Å². The van der Waals surface area contributed by atoms with Crippen molar-refractivity contribution in [1.29, 1.82) is 0 Å². The highest BCUT2D eigenvalue weighted by Crippen LogP contribution is 2.42. The summed E-state index contributed by atoms with van der Waals surface area (Å²) in [5.41, 5.74) is 4.42. The van der Waals surface area contributed by atoms with Gasteiger partial charge in [0.15, 0.2) is 12.6 Å². The highest BCUT2D eigenvalue weighted by atomic mass is 35.5. The SMILES string of the molecule is CSc1nc(-c2cccc(-c3cccc(-c4cnc(C=O)c(SC)n4)c3Cl)c2Cl)cnc1C=O. The van der Waals surface area contributed by atoms with E-state index < -0.39 is 0 Å². The van der Waals surface area contributed by atoms with Crippen molar-refractivity contribution in [2.45, 2.75) is 10.1 Å². The fourth-order valence-electron chi connectivity index (χ4n) is 3.36. The number of nitrogens with zero attached hydrogens (tertiary/aromatic N) is 4. The van der Waals surface area contributed by atoms with Gasteiger partial charge in [-0.3, -0.25) is 9.59 Å². The third-order valence-corrected chi connectivity index (χ3v) is 7.17. The first-order chi connectivity index (χ1) is 16.5. The minimum absolute atomic E-state index is 0.283. The van der Waals surface area contributed by atoms with E-state index in [1.807, 2.05) is 48.9 Å². The summed E-state index contributed by atoms with van der Waals surface area (Å²) >= 11 is 16.3. The van der Waals surface area contributed by atoms with Crippen molar-refractivity contribution in [3.63, 3.8) is 0 Å². The van der Waals surface area contributed by atoms with Crippen LogP contribution >= 0.6 is 46.7 Å². The van der Waals surface area contributed by atoms with E-state index in [-0.39, 0.29) is 11.4 Å². The van der Waals surface area contributed by atoms with Crippen LogP contribution in [0.4, 0.5) is 0 Å². The third kappa shape index (κ3) is 4.59. The third-order valence-electron chi connectivity index (χ3n) is 4.98. The standard InChI is InChI=1S/C24H16Cl2N4O2S2/c1-33-23-19(11-31)27-9-17(29-23)15-7-3-5-13(21(15)25)14-6-4-8-16(22(14)26)18-10-28-20(12-32)24(30-18)34-2/h3-12H,1-2H3. The first kappa shape index (κ1) is 24.3. The predicted octanol–water partition coefficient (Wildman–Crippen LogP) is 6.64. The van der Waals surface area contributed by atoms with Crippen LogP contribution in [0, 0.1) is 0 Å². The Morgan fingerprint density at radius 1 is 0.676 bits per heavy atom. The van der Waals surface area contributed by atoms with Crippen LogP contribution in [0.2, 0.25) is 10.0 Å². The lowest BCUT2D eigenvalue weighted by molar-refractivity contribution is 0.110. The quantitative estimate of drug-likeness (QED) is 0.195. The Balaban J connectivity index is 1.83. The van der Waals surface area contributed by atoms with Crippen molar-refractivity contribution in [1.82, 2.24) is 19.9 Å². The molecule has 10 heteroatoms. The van der Waals surface area contributed by atoms with Crippen LogP contribution in [0.3, 0.4) is 0 Å². The van der Waals surface area contributed by atoms with Crippen LogP contribution in [0.25, 0.3) is 33.6 Å². The molecule has 0 N–H and O–H groups in total. The van der Waals surface area contributed by atoms with Crippen LogP contribution in [0.15, 0.2) is 58.8 Å². The molecule has 0 aliphatic rings. The van der Waals surface area contributed by atoms with Gasteiger partial charge >= 0.3 is 0 Å². The number of benzene rings is 2. The van der Waals surface area contributed by atoms with Gasteiger partial charge in [-0.2, -0.15) is 0 Å². The Bertz CT molecular complexity index is 1310. The molecule has 0 aliphatic carbocycles. The zero-order valence-corrected chi connectivity index (χ0v) is 21.1. The zero-order valence-electron chi connectivity index (χ0n) is 18.0. The number of rotatable bonds is 7. The number of carbonyl (C=O) groups excluding carboxylic acids is 2. The minimum atomic E-state index is 0.283. The van der Waals surface area contributed by atoms with Crippen LogP contribution in [-0.2, 0) is 0 Å². The number of hydrogen-bond donors (Lipinski definition) is 0. The lowest BCUT2D eigenvalue weighted by atomic mass is 9.98. The number of aldehydes is 2. The van der Waals surface area contributed by atoms with Crippen LogP contribution in [0.1, 0.15) is 21.0 Å². The number of thioether (sulfide) groups is 2. The van der Waals surface area contributed by atoms with E-state index in [0.29, 0.717) is 66.3 Å². The van der Waals surface area contributed by atoms with Gasteiger partial charge in [0.25, 0.3) is 0 Å². The molecule has 0 saturated carbocycles. The largest absolute Gasteiger partial charge is 0.296 e. The lowest BCUT2D eigenvalue weighted by Gasteiger charge is -2.14. The zero-order chi connectivity index (χ0) is 24.2. The first-order valence-corrected chi connectivity index (χ1v) is 13.0. The summed E-state index contributed by atoms with van der Waals surface area (Å²) in [5, 5.41) is 1.95. The lowest BCUT2D eigenvalue weighted by Crippen LogP contribution is -1.98. The number of halogens is 2. The molecule has 2 heterocycles. The second-order valence-corrected chi connectivity index (χ2v) is 9.22. The van der Waals surface area contributed by atoms with Crippen molar-refractivity contribution in [3.8, 4) is 33.6 Å². The number of hydrogen-bond acceptors (Lipinski definition) is 8. The fourth-order valence-corrected chi connectivity index (χ4v) is 5.01. The summed E-state index contributed by atoms with van der Waals surface area (Å²) in [5.74, 6) is 0. The molecule has 0 fully saturated rings. The molecule has 2 aromatic heterocycles. The molecule has 2 aromatic carbocycles. The van der Waals surface area contributed by atoms with Crippen molar-refractivity contribution < 1.29 is 9.59 Å². The molecule has 0 aliphatic heterocycles. The topological polar surface area (TPSA) is 85.7 Å². The average molecular weight is 527 g/mol. The van der Waals surface area contributed by atoms with Crippen LogP contribution < -0.4 is 0 Å². The molecule has 0 atom stereocenters. The molecule has 170 valence electrons. The van der Waals surface area contributed by atoms with Gasteiger partial charge in [-0.1, -0.05) is 59.6 Å². The van der Waals surface area contributed by atoms with E-state index in [1.165, 1.54) is 35.9 Å². The Morgan fingerprint density at radius 3 is 1.41 bits per heavy atom. The van der Waals surface area contributed by atoms with Crippen molar-refractivity contribution in [2.24, 2.45) is 0 Å². The summed E-state index contributed by atoms with van der Waals surface area (Å²) < 4.78 is 0. The normalized spacial score (nSPS) is 10.8. The van der Waals surface area contributed by atoms with E-state index in [1.54, 1.807) is 0 Å². The van der Waals surface area contributed by atoms with Crippen LogP contribution in [-0.4, -0.2) is 45.0 Å². The summed E-state index contributed by atoms with van der Waals surface area (Å²) in [6, 6.07) is 11.1. The first-order valence-electron chi connectivity index (χ1n) is 9.82. The van der Waals surface area contributed by atoms with Gasteiger partial charge in [-0.05, 0) is 12.5 Å². The molecule has 0 radical (unpaired) electrons. The Hall–Kier alpha value is -2.78. The van der Waals surface area contributed by atoms with Gasteiger partial charge in [0.05, 0.1) is 33.8 Å². The predicted molar refractivity (Wildman–Crippen MR) is 138 cm³/mol. The maximum absolute atomic E-state index is 11.2. The van der Waals surface area contributed by atoms with Crippen molar-refractivity contribution >= 4 is 59.3 Å². The molecule has 0 spiro atoms. The van der Waals surface area contributed by atoms with Crippen molar-refractivity contribution in [3.05, 3.63) is 70.2 Å². The Morgan fingerprint density at radius 2 is 1.06 bits per heavy atom. The molecule has 0 unspecified atom stereocenters. The van der Waals surface area contributed by atoms with E-state index in [2.05, 4.69) is 19.9 Å². The highest BCUT2D eigenvalue weighted by Gasteiger charge is 2.18. The summed E-state index contributed by atoms with van der Waals surface area (Å²) in [4.78, 5) is 40.0. The Labute approximate surface area is 214 Å². The molecule has 34 heavy (non-hydrogen) atoms. The molecule has 0 saturated heterocycles. The minimum Gasteiger partial charge on any atom is -0.296 e. The molecule has 0 bridgehead atoms. The van der Waals surface area contributed by atoms with Gasteiger partial charge < -0.3 is 0 Å². The summed E-state index contributed by atoms with van der Waals surface area (Å²) in [6.45, 7) is 0. The molecular formula is C24H16Cl2N4O2S2. The molecule has 4 aromatic rings. The average Bonchev–Trinajstić information content (AvgIpc) is 2.88. The Kier molecular flexibility index (Phi) is 7.63. The van der Waals surface area contributed by atoms with Gasteiger partial charge in [0, 0.05) is 22.3 Å². The van der Waals surface area contributed by atoms with Crippen LogP contribution in [0.5, 0.6) is 0 Å². The second-order valence-electron chi connectivity index (χ2n) is 6.87. The summed E-state index contributed by atoms with van der Waals surface area (Å²) in [7, 11) is 0. The van der Waals surface area contributed by atoms with Gasteiger partial charge in [0.2, 0.25) is 0 Å². The van der Waals surface area contributed by atoms with E-state index in [0.717, 1.165) is 0 Å². The van der Waals surface area contributed by atoms with E-state index in [9.17, 15) is 9.59 Å².